The zero-order valence-electron chi connectivity index (χ0n) is 33.0. The van der Waals surface area contributed by atoms with E-state index in [4.69, 9.17) is 14.5 Å². The minimum absolute atomic E-state index is 0.0627. The maximum Gasteiger partial charge on any atom is 0.266 e. The van der Waals surface area contributed by atoms with Crippen LogP contribution in [-0.2, 0) is 24.4 Å². The first-order chi connectivity index (χ1) is 28.5. The van der Waals surface area contributed by atoms with E-state index in [1.807, 2.05) is 103 Å². The molecule has 0 radical (unpaired) electrons. The van der Waals surface area contributed by atoms with Crippen molar-refractivity contribution in [3.05, 3.63) is 115 Å². The van der Waals surface area contributed by atoms with E-state index in [9.17, 15) is 22.8 Å². The van der Waals surface area contributed by atoms with Crippen LogP contribution >= 0.6 is 0 Å². The van der Waals surface area contributed by atoms with Gasteiger partial charge in [0.2, 0.25) is 11.8 Å². The Balaban J connectivity index is 1.07. The van der Waals surface area contributed by atoms with Gasteiger partial charge in [-0.2, -0.15) is 0 Å². The van der Waals surface area contributed by atoms with Gasteiger partial charge in [0.1, 0.15) is 34.1 Å². The minimum atomic E-state index is -4.43. The number of amides is 3. The van der Waals surface area contributed by atoms with Crippen LogP contribution in [0.15, 0.2) is 120 Å². The second-order valence-electron chi connectivity index (χ2n) is 15.4. The average Bonchev–Trinajstić information content (AvgIpc) is 3.77. The van der Waals surface area contributed by atoms with Gasteiger partial charge < -0.3 is 25.0 Å². The zero-order valence-corrected chi connectivity index (χ0v) is 33.8. The number of anilines is 1. The first-order valence-corrected chi connectivity index (χ1v) is 21.5. The summed E-state index contributed by atoms with van der Waals surface area (Å²) in [4.78, 5) is 48.0. The summed E-state index contributed by atoms with van der Waals surface area (Å²) in [6, 6.07) is 30.6. The number of benzene rings is 4. The van der Waals surface area contributed by atoms with Gasteiger partial charge in [0.05, 0.1) is 30.6 Å². The highest BCUT2D eigenvalue weighted by Crippen LogP contribution is 2.46. The number of ether oxygens (including phenoxy) is 2. The lowest BCUT2D eigenvalue weighted by Gasteiger charge is -2.25. The van der Waals surface area contributed by atoms with Gasteiger partial charge in [-0.05, 0) is 61.1 Å². The molecule has 8 rings (SSSR count). The van der Waals surface area contributed by atoms with Gasteiger partial charge in [-0.25, -0.2) is 18.1 Å². The Hall–Kier alpha value is -6.21. The third-order valence-corrected chi connectivity index (χ3v) is 12.8. The van der Waals surface area contributed by atoms with E-state index in [2.05, 4.69) is 15.4 Å². The highest BCUT2D eigenvalue weighted by Gasteiger charge is 2.61. The molecule has 3 amide bonds. The maximum atomic E-state index is 14.4. The topological polar surface area (TPSA) is 156 Å². The molecular formula is C46H47N5O7S. The standard InChI is InChI=1S/C46H47N5O7S/c1-30(52)51-29-36(58-42-27-39(32-16-10-7-11-17-32)48-40-25-35(57-2)20-21-37(40)42)26-41(51)44(53)49-46-28-34(46)18-12-4-3-5-13-23-47-38-22-19-33(31-14-8-6-9-15-31)24-43(38)59(55,56)50-45(46)54/h6-12,14-22,24-25,27,34,36,41,47H,3-5,13,23,26,28-29H2,1-2H3,(H,49,53)(H,50,54)/b18-12-/t34-,36-,41+,46-/m1/s1. The molecule has 0 spiro atoms. The van der Waals surface area contributed by atoms with Crippen molar-refractivity contribution < 1.29 is 32.3 Å². The van der Waals surface area contributed by atoms with Crippen molar-refractivity contribution in [2.24, 2.45) is 5.92 Å². The van der Waals surface area contributed by atoms with Gasteiger partial charge in [0, 0.05) is 48.9 Å². The fourth-order valence-electron chi connectivity index (χ4n) is 8.12. The molecule has 3 aliphatic rings. The van der Waals surface area contributed by atoms with Crippen LogP contribution in [-0.4, -0.2) is 73.9 Å². The van der Waals surface area contributed by atoms with Crippen LogP contribution in [0.5, 0.6) is 11.5 Å². The van der Waals surface area contributed by atoms with E-state index >= 15 is 0 Å². The van der Waals surface area contributed by atoms with Crippen LogP contribution in [0.3, 0.4) is 0 Å². The van der Waals surface area contributed by atoms with E-state index in [0.29, 0.717) is 40.5 Å². The van der Waals surface area contributed by atoms with Gasteiger partial charge in [0.15, 0.2) is 0 Å². The van der Waals surface area contributed by atoms with Crippen molar-refractivity contribution in [2.45, 2.75) is 68.0 Å². The van der Waals surface area contributed by atoms with Crippen molar-refractivity contribution in [2.75, 3.05) is 25.5 Å². The molecule has 1 saturated heterocycles. The number of carbonyl (C=O) groups excluding carboxylic acids is 3. The molecule has 1 aromatic heterocycles. The lowest BCUT2D eigenvalue weighted by atomic mass is 10.1. The van der Waals surface area contributed by atoms with Gasteiger partial charge in [-0.3, -0.25) is 14.4 Å². The number of carbonyl (C=O) groups is 3. The Morgan fingerprint density at radius 1 is 0.898 bits per heavy atom. The normalized spacial score (nSPS) is 23.3. The lowest BCUT2D eigenvalue weighted by Crippen LogP contribution is -2.56. The number of nitrogens with zero attached hydrogens (tertiary/aromatic N) is 2. The highest BCUT2D eigenvalue weighted by atomic mass is 32.2. The van der Waals surface area contributed by atoms with E-state index in [-0.39, 0.29) is 30.2 Å². The summed E-state index contributed by atoms with van der Waals surface area (Å²) >= 11 is 0. The quantitative estimate of drug-likeness (QED) is 0.149. The van der Waals surface area contributed by atoms with Gasteiger partial charge in [-0.15, -0.1) is 0 Å². The number of fused-ring (bicyclic) bond motifs is 3. The second-order valence-corrected chi connectivity index (χ2v) is 17.1. The molecule has 13 heteroatoms. The molecule has 1 saturated carbocycles. The second kappa shape index (κ2) is 16.6. The molecule has 59 heavy (non-hydrogen) atoms. The Kier molecular flexibility index (Phi) is 11.1. The fourth-order valence-corrected chi connectivity index (χ4v) is 9.37. The van der Waals surface area contributed by atoms with Gasteiger partial charge in [0.25, 0.3) is 15.9 Å². The summed E-state index contributed by atoms with van der Waals surface area (Å²) in [5.41, 5.74) is 2.57. The van der Waals surface area contributed by atoms with Crippen LogP contribution in [0.1, 0.15) is 45.4 Å². The first kappa shape index (κ1) is 39.6. The number of pyridine rings is 1. The van der Waals surface area contributed by atoms with Crippen molar-refractivity contribution in [1.29, 1.82) is 0 Å². The third kappa shape index (κ3) is 8.38. The van der Waals surface area contributed by atoms with E-state index < -0.39 is 45.4 Å². The van der Waals surface area contributed by atoms with Crippen LogP contribution < -0.4 is 24.8 Å². The Bertz CT molecular complexity index is 2530. The summed E-state index contributed by atoms with van der Waals surface area (Å²) in [7, 11) is -2.84. The number of nitrogens with one attached hydrogen (secondary N) is 3. The molecular weight excluding hydrogens is 767 g/mol. The van der Waals surface area contributed by atoms with Crippen LogP contribution in [0.4, 0.5) is 5.69 Å². The molecule has 4 atom stereocenters. The van der Waals surface area contributed by atoms with Crippen molar-refractivity contribution >= 4 is 44.3 Å². The lowest BCUT2D eigenvalue weighted by molar-refractivity contribution is -0.138. The van der Waals surface area contributed by atoms with Gasteiger partial charge in [-0.1, -0.05) is 85.3 Å². The summed E-state index contributed by atoms with van der Waals surface area (Å²) in [5.74, 6) is -1.00. The van der Waals surface area contributed by atoms with Crippen LogP contribution in [0, 0.1) is 5.92 Å². The molecule has 0 unspecified atom stereocenters. The molecule has 3 N–H and O–H groups in total. The Morgan fingerprint density at radius 3 is 2.41 bits per heavy atom. The molecule has 304 valence electrons. The van der Waals surface area contributed by atoms with E-state index in [1.54, 1.807) is 19.2 Å². The molecule has 12 nitrogen and oxygen atoms in total. The molecule has 0 bridgehead atoms. The number of aromatic nitrogens is 1. The number of likely N-dealkylation sites (tertiary alicyclic amines) is 1. The van der Waals surface area contributed by atoms with Crippen molar-refractivity contribution in [3.8, 4) is 33.9 Å². The van der Waals surface area contributed by atoms with E-state index in [1.165, 1.54) is 11.8 Å². The van der Waals surface area contributed by atoms with Crippen molar-refractivity contribution in [3.63, 3.8) is 0 Å². The number of rotatable bonds is 7. The monoisotopic (exact) mass is 813 g/mol. The number of hydrogen-bond acceptors (Lipinski definition) is 9. The summed E-state index contributed by atoms with van der Waals surface area (Å²) in [5, 5.41) is 6.94. The summed E-state index contributed by atoms with van der Waals surface area (Å²) < 4.78 is 42.8. The Morgan fingerprint density at radius 2 is 1.66 bits per heavy atom. The first-order valence-electron chi connectivity index (χ1n) is 20.0. The number of allylic oxidation sites excluding steroid dienone is 1. The predicted molar refractivity (Wildman–Crippen MR) is 226 cm³/mol. The van der Waals surface area contributed by atoms with E-state index in [0.717, 1.165) is 42.2 Å². The molecule has 2 fully saturated rings. The van der Waals surface area contributed by atoms with Crippen molar-refractivity contribution in [1.82, 2.24) is 19.9 Å². The van der Waals surface area contributed by atoms with Gasteiger partial charge >= 0.3 is 0 Å². The highest BCUT2D eigenvalue weighted by molar-refractivity contribution is 7.90. The number of sulfonamides is 1. The van der Waals surface area contributed by atoms with Crippen LogP contribution in [0.25, 0.3) is 33.3 Å². The zero-order chi connectivity index (χ0) is 41.1. The summed E-state index contributed by atoms with van der Waals surface area (Å²) in [6.07, 6.45) is 7.10. The fraction of sp³-hybridized carbons (Fsp3) is 0.304. The maximum absolute atomic E-state index is 14.4. The summed E-state index contributed by atoms with van der Waals surface area (Å²) in [6.45, 7) is 2.08. The molecule has 4 aromatic carbocycles. The SMILES string of the molecule is COc1ccc2c(O[C@@H]3C[C@@H](C(=O)N[C@]45C[C@H]4/C=C\CCCCCNc4ccc(-c6ccccc6)cc4S(=O)(=O)NC5=O)N(C(C)=O)C3)cc(-c3ccccc3)nc2c1. The molecule has 2 aliphatic heterocycles. The molecule has 1 aliphatic carbocycles. The predicted octanol–water partition coefficient (Wildman–Crippen LogP) is 6.87. The molecule has 5 aromatic rings. The molecule has 3 heterocycles. The average molecular weight is 814 g/mol. The number of methoxy groups -OCH3 is 1. The number of hydrogen-bond donors (Lipinski definition) is 3. The third-order valence-electron chi connectivity index (χ3n) is 11.4. The largest absolute Gasteiger partial charge is 0.497 e. The minimum Gasteiger partial charge on any atom is -0.497 e. The Labute approximate surface area is 344 Å². The van der Waals surface area contributed by atoms with Crippen LogP contribution in [0.2, 0.25) is 0 Å². The smallest absolute Gasteiger partial charge is 0.266 e.